The summed E-state index contributed by atoms with van der Waals surface area (Å²) in [6, 6.07) is 11.2. The number of hydrogen-bond donors (Lipinski definition) is 1. The minimum Gasteiger partial charge on any atom is -0.323 e. The second-order valence-electron chi connectivity index (χ2n) is 3.94. The summed E-state index contributed by atoms with van der Waals surface area (Å²) in [5, 5.41) is 3.69. The number of anilines is 1. The van der Waals surface area contributed by atoms with Crippen LogP contribution in [0.5, 0.6) is 0 Å². The van der Waals surface area contributed by atoms with Crippen molar-refractivity contribution in [2.24, 2.45) is 0 Å². The standard InChI is InChI=1S/C13H10N4OS2/c18-11(8-19-12-6-1-2-7-14-12)15-9-4-3-5-10-13(9)17-20-16-10/h1-7H,8H2,(H,15,18). The van der Waals surface area contributed by atoms with Crippen molar-refractivity contribution in [1.29, 1.82) is 0 Å². The molecule has 3 aromatic rings. The molecular weight excluding hydrogens is 292 g/mol. The number of hydrogen-bond acceptors (Lipinski definition) is 6. The second kappa shape index (κ2) is 5.98. The van der Waals surface area contributed by atoms with Gasteiger partial charge in [0.2, 0.25) is 5.91 Å². The summed E-state index contributed by atoms with van der Waals surface area (Å²) in [5.74, 6) is 0.228. The Bertz CT molecular complexity index is 729. The van der Waals surface area contributed by atoms with E-state index in [9.17, 15) is 4.79 Å². The van der Waals surface area contributed by atoms with E-state index in [2.05, 4.69) is 19.0 Å². The maximum absolute atomic E-state index is 11.9. The van der Waals surface area contributed by atoms with Crippen molar-refractivity contribution in [2.45, 2.75) is 5.03 Å². The molecule has 0 atom stereocenters. The molecule has 0 saturated carbocycles. The van der Waals surface area contributed by atoms with Crippen LogP contribution in [0.3, 0.4) is 0 Å². The van der Waals surface area contributed by atoms with E-state index < -0.39 is 0 Å². The molecule has 5 nitrogen and oxygen atoms in total. The summed E-state index contributed by atoms with van der Waals surface area (Å²) in [6.45, 7) is 0. The molecule has 1 amide bonds. The van der Waals surface area contributed by atoms with E-state index in [-0.39, 0.29) is 5.91 Å². The van der Waals surface area contributed by atoms with Gasteiger partial charge in [0.25, 0.3) is 0 Å². The molecule has 2 aromatic heterocycles. The monoisotopic (exact) mass is 302 g/mol. The van der Waals surface area contributed by atoms with Gasteiger partial charge in [0.15, 0.2) is 0 Å². The van der Waals surface area contributed by atoms with Crippen LogP contribution in [-0.2, 0) is 4.79 Å². The van der Waals surface area contributed by atoms with Gasteiger partial charge in [-0.05, 0) is 24.3 Å². The average molecular weight is 302 g/mol. The summed E-state index contributed by atoms with van der Waals surface area (Å²) in [6.07, 6.45) is 1.71. The van der Waals surface area contributed by atoms with Gasteiger partial charge in [0, 0.05) is 6.20 Å². The van der Waals surface area contributed by atoms with Gasteiger partial charge in [0.05, 0.1) is 28.2 Å². The molecule has 0 spiro atoms. The number of carbonyl (C=O) groups excluding carboxylic acids is 1. The largest absolute Gasteiger partial charge is 0.323 e. The summed E-state index contributed by atoms with van der Waals surface area (Å²) in [4.78, 5) is 16.1. The summed E-state index contributed by atoms with van der Waals surface area (Å²) >= 11 is 2.54. The van der Waals surface area contributed by atoms with Gasteiger partial charge in [-0.3, -0.25) is 4.79 Å². The number of nitrogens with zero attached hydrogens (tertiary/aromatic N) is 3. The Labute approximate surface area is 123 Å². The minimum absolute atomic E-state index is 0.0823. The molecule has 100 valence electrons. The van der Waals surface area contributed by atoms with Crippen LogP contribution >= 0.6 is 23.5 Å². The van der Waals surface area contributed by atoms with Crippen LogP contribution in [0.1, 0.15) is 0 Å². The van der Waals surface area contributed by atoms with E-state index in [1.54, 1.807) is 6.20 Å². The highest BCUT2D eigenvalue weighted by Gasteiger charge is 2.09. The zero-order chi connectivity index (χ0) is 13.8. The van der Waals surface area contributed by atoms with E-state index >= 15 is 0 Å². The lowest BCUT2D eigenvalue weighted by molar-refractivity contribution is -0.113. The maximum Gasteiger partial charge on any atom is 0.234 e. The lowest BCUT2D eigenvalue weighted by atomic mass is 10.2. The third-order valence-electron chi connectivity index (χ3n) is 2.55. The summed E-state index contributed by atoms with van der Waals surface area (Å²) in [7, 11) is 0. The fraction of sp³-hybridized carbons (Fsp3) is 0.0769. The molecule has 2 heterocycles. The van der Waals surface area contributed by atoms with Crippen molar-refractivity contribution in [2.75, 3.05) is 11.1 Å². The van der Waals surface area contributed by atoms with Gasteiger partial charge < -0.3 is 5.32 Å². The van der Waals surface area contributed by atoms with Gasteiger partial charge in [0.1, 0.15) is 11.0 Å². The topological polar surface area (TPSA) is 67.8 Å². The molecule has 20 heavy (non-hydrogen) atoms. The van der Waals surface area contributed by atoms with Crippen molar-refractivity contribution in [3.05, 3.63) is 42.6 Å². The smallest absolute Gasteiger partial charge is 0.234 e. The van der Waals surface area contributed by atoms with Crippen LogP contribution < -0.4 is 5.32 Å². The Morgan fingerprint density at radius 2 is 2.15 bits per heavy atom. The molecule has 0 aliphatic rings. The zero-order valence-corrected chi connectivity index (χ0v) is 11.9. The molecule has 0 aliphatic carbocycles. The van der Waals surface area contributed by atoms with Gasteiger partial charge in [-0.25, -0.2) is 4.98 Å². The molecule has 0 aliphatic heterocycles. The van der Waals surface area contributed by atoms with Crippen molar-refractivity contribution >= 4 is 46.1 Å². The van der Waals surface area contributed by atoms with Crippen molar-refractivity contribution < 1.29 is 4.79 Å². The van der Waals surface area contributed by atoms with Gasteiger partial charge >= 0.3 is 0 Å². The summed E-state index contributed by atoms with van der Waals surface area (Å²) in [5.41, 5.74) is 2.22. The van der Waals surface area contributed by atoms with Crippen LogP contribution in [0, 0.1) is 0 Å². The summed E-state index contributed by atoms with van der Waals surface area (Å²) < 4.78 is 8.33. The predicted octanol–water partition coefficient (Wildman–Crippen LogP) is 2.82. The first-order chi connectivity index (χ1) is 9.83. The van der Waals surface area contributed by atoms with Gasteiger partial charge in [-0.2, -0.15) is 8.75 Å². The Hall–Kier alpha value is -1.99. The predicted molar refractivity (Wildman–Crippen MR) is 81.0 cm³/mol. The number of pyridine rings is 1. The third kappa shape index (κ3) is 2.94. The van der Waals surface area contributed by atoms with Crippen molar-refractivity contribution in [1.82, 2.24) is 13.7 Å². The number of fused-ring (bicyclic) bond motifs is 1. The number of thioether (sulfide) groups is 1. The average Bonchev–Trinajstić information content (AvgIpc) is 2.96. The number of rotatable bonds is 4. The van der Waals surface area contributed by atoms with Crippen LogP contribution in [0.4, 0.5) is 5.69 Å². The number of nitrogens with one attached hydrogen (secondary N) is 1. The molecule has 3 rings (SSSR count). The highest BCUT2D eigenvalue weighted by molar-refractivity contribution is 7.99. The van der Waals surface area contributed by atoms with E-state index in [0.29, 0.717) is 11.4 Å². The van der Waals surface area contributed by atoms with Gasteiger partial charge in [-0.15, -0.1) is 0 Å². The molecule has 7 heteroatoms. The zero-order valence-electron chi connectivity index (χ0n) is 10.3. The number of aromatic nitrogens is 3. The first-order valence-electron chi connectivity index (χ1n) is 5.88. The van der Waals surface area contributed by atoms with E-state index in [0.717, 1.165) is 27.8 Å². The third-order valence-corrected chi connectivity index (χ3v) is 4.04. The highest BCUT2D eigenvalue weighted by Crippen LogP contribution is 2.22. The normalized spacial score (nSPS) is 10.6. The lowest BCUT2D eigenvalue weighted by Crippen LogP contribution is -2.14. The molecule has 0 saturated heterocycles. The molecule has 1 N–H and O–H groups in total. The Balaban J connectivity index is 1.66. The fourth-order valence-corrected chi connectivity index (χ4v) is 2.88. The molecule has 0 unspecified atom stereocenters. The molecule has 1 aromatic carbocycles. The maximum atomic E-state index is 11.9. The lowest BCUT2D eigenvalue weighted by Gasteiger charge is -2.05. The minimum atomic E-state index is -0.0823. The van der Waals surface area contributed by atoms with E-state index in [1.165, 1.54) is 11.8 Å². The van der Waals surface area contributed by atoms with Crippen LogP contribution in [0.25, 0.3) is 11.0 Å². The number of carbonyl (C=O) groups is 1. The first-order valence-corrected chi connectivity index (χ1v) is 7.59. The Morgan fingerprint density at radius 3 is 3.00 bits per heavy atom. The molecular formula is C13H10N4OS2. The Morgan fingerprint density at radius 1 is 1.20 bits per heavy atom. The molecule has 0 bridgehead atoms. The quantitative estimate of drug-likeness (QED) is 0.751. The van der Waals surface area contributed by atoms with Crippen LogP contribution in [0.15, 0.2) is 47.6 Å². The molecule has 0 radical (unpaired) electrons. The SMILES string of the molecule is O=C(CSc1ccccn1)Nc1cccc2nsnc12. The first kappa shape index (κ1) is 13.0. The molecule has 0 fully saturated rings. The number of benzene rings is 1. The van der Waals surface area contributed by atoms with Crippen molar-refractivity contribution in [3.8, 4) is 0 Å². The van der Waals surface area contributed by atoms with Crippen LogP contribution in [-0.4, -0.2) is 25.4 Å². The van der Waals surface area contributed by atoms with Gasteiger partial charge in [-0.1, -0.05) is 23.9 Å². The second-order valence-corrected chi connectivity index (χ2v) is 5.47. The Kier molecular flexibility index (Phi) is 3.89. The van der Waals surface area contributed by atoms with Crippen molar-refractivity contribution in [3.63, 3.8) is 0 Å². The highest BCUT2D eigenvalue weighted by atomic mass is 32.2. The number of amides is 1. The van der Waals surface area contributed by atoms with Crippen LogP contribution in [0.2, 0.25) is 0 Å². The van der Waals surface area contributed by atoms with E-state index in [1.807, 2.05) is 36.4 Å². The fourth-order valence-electron chi connectivity index (χ4n) is 1.67. The van der Waals surface area contributed by atoms with E-state index in [4.69, 9.17) is 0 Å².